The van der Waals surface area contributed by atoms with Crippen molar-refractivity contribution < 1.29 is 21.6 Å². The highest BCUT2D eigenvalue weighted by molar-refractivity contribution is 7.92. The SMILES string of the molecule is CC(C)N(C)S(=O)(=O)c1ccc(NC(=O)c2ccc(NS(=O)(=O)c3ccccc3)cc2)cc1. The Bertz CT molecular complexity index is 1320. The number of hydrogen-bond donors (Lipinski definition) is 2. The molecule has 3 rings (SSSR count). The monoisotopic (exact) mass is 487 g/mol. The molecule has 1 amide bonds. The van der Waals surface area contributed by atoms with E-state index in [2.05, 4.69) is 10.0 Å². The molecule has 3 aromatic rings. The van der Waals surface area contributed by atoms with Gasteiger partial charge in [0.1, 0.15) is 0 Å². The standard InChI is InChI=1S/C23H25N3O5S2/c1-17(2)26(3)33(30,31)22-15-13-19(14-16-22)24-23(27)18-9-11-20(12-10-18)25-32(28,29)21-7-5-4-6-8-21/h4-17,25H,1-3H3,(H,24,27). The van der Waals surface area contributed by atoms with Gasteiger partial charge in [0.2, 0.25) is 10.0 Å². The van der Waals surface area contributed by atoms with Crippen LogP contribution in [0.15, 0.2) is 88.7 Å². The third kappa shape index (κ3) is 5.78. The number of anilines is 2. The van der Waals surface area contributed by atoms with E-state index in [1.165, 1.54) is 72.0 Å². The Hall–Kier alpha value is -3.21. The average molecular weight is 488 g/mol. The smallest absolute Gasteiger partial charge is 0.261 e. The van der Waals surface area contributed by atoms with Crippen LogP contribution in [0.1, 0.15) is 24.2 Å². The fourth-order valence-electron chi connectivity index (χ4n) is 2.86. The molecule has 10 heteroatoms. The largest absolute Gasteiger partial charge is 0.322 e. The second-order valence-corrected chi connectivity index (χ2v) is 11.3. The van der Waals surface area contributed by atoms with Gasteiger partial charge in [0, 0.05) is 30.0 Å². The van der Waals surface area contributed by atoms with Gasteiger partial charge in [0.05, 0.1) is 9.79 Å². The fraction of sp³-hybridized carbons (Fsp3) is 0.174. The van der Waals surface area contributed by atoms with Crippen molar-refractivity contribution in [2.75, 3.05) is 17.1 Å². The molecule has 0 bridgehead atoms. The molecule has 33 heavy (non-hydrogen) atoms. The summed E-state index contributed by atoms with van der Waals surface area (Å²) in [4.78, 5) is 12.8. The average Bonchev–Trinajstić information content (AvgIpc) is 2.79. The molecule has 0 aliphatic rings. The van der Waals surface area contributed by atoms with E-state index in [9.17, 15) is 21.6 Å². The van der Waals surface area contributed by atoms with Crippen molar-refractivity contribution in [3.8, 4) is 0 Å². The van der Waals surface area contributed by atoms with Crippen molar-refractivity contribution in [1.29, 1.82) is 0 Å². The molecule has 0 atom stereocenters. The number of benzene rings is 3. The van der Waals surface area contributed by atoms with Crippen LogP contribution in [-0.2, 0) is 20.0 Å². The number of carbonyl (C=O) groups excluding carboxylic acids is 1. The highest BCUT2D eigenvalue weighted by Crippen LogP contribution is 2.20. The van der Waals surface area contributed by atoms with E-state index >= 15 is 0 Å². The molecule has 0 saturated carbocycles. The summed E-state index contributed by atoms with van der Waals surface area (Å²) >= 11 is 0. The van der Waals surface area contributed by atoms with Crippen molar-refractivity contribution in [3.63, 3.8) is 0 Å². The maximum Gasteiger partial charge on any atom is 0.261 e. The van der Waals surface area contributed by atoms with Crippen molar-refractivity contribution >= 4 is 37.3 Å². The number of sulfonamides is 2. The van der Waals surface area contributed by atoms with E-state index in [4.69, 9.17) is 0 Å². The normalized spacial score (nSPS) is 12.0. The van der Waals surface area contributed by atoms with Gasteiger partial charge in [-0.2, -0.15) is 4.31 Å². The first-order valence-corrected chi connectivity index (χ1v) is 13.0. The fourth-order valence-corrected chi connectivity index (χ4v) is 5.31. The van der Waals surface area contributed by atoms with E-state index < -0.39 is 26.0 Å². The van der Waals surface area contributed by atoms with Crippen LogP contribution in [0.4, 0.5) is 11.4 Å². The van der Waals surface area contributed by atoms with E-state index in [0.29, 0.717) is 16.9 Å². The third-order valence-corrected chi connectivity index (χ3v) is 8.41. The van der Waals surface area contributed by atoms with Crippen LogP contribution >= 0.6 is 0 Å². The molecule has 0 fully saturated rings. The summed E-state index contributed by atoms with van der Waals surface area (Å²) in [5.41, 5.74) is 1.06. The molecule has 0 aliphatic heterocycles. The topological polar surface area (TPSA) is 113 Å². The lowest BCUT2D eigenvalue weighted by molar-refractivity contribution is 0.102. The number of nitrogens with zero attached hydrogens (tertiary/aromatic N) is 1. The van der Waals surface area contributed by atoms with Gasteiger partial charge in [-0.05, 0) is 74.5 Å². The molecular formula is C23H25N3O5S2. The van der Waals surface area contributed by atoms with E-state index in [1.807, 2.05) is 0 Å². The first-order chi connectivity index (χ1) is 15.5. The van der Waals surface area contributed by atoms with Gasteiger partial charge in [-0.15, -0.1) is 0 Å². The van der Waals surface area contributed by atoms with E-state index in [1.54, 1.807) is 32.0 Å². The summed E-state index contributed by atoms with van der Waals surface area (Å²) in [6, 6.07) is 19.7. The minimum atomic E-state index is -3.73. The van der Waals surface area contributed by atoms with Crippen LogP contribution in [0.5, 0.6) is 0 Å². The lowest BCUT2D eigenvalue weighted by Gasteiger charge is -2.21. The summed E-state index contributed by atoms with van der Waals surface area (Å²) in [5, 5.41) is 2.70. The number of nitrogens with one attached hydrogen (secondary N) is 2. The molecule has 174 valence electrons. The number of rotatable bonds is 8. The Morgan fingerprint density at radius 2 is 1.30 bits per heavy atom. The molecule has 8 nitrogen and oxygen atoms in total. The number of carbonyl (C=O) groups is 1. The van der Waals surface area contributed by atoms with Gasteiger partial charge in [-0.3, -0.25) is 9.52 Å². The summed E-state index contributed by atoms with van der Waals surface area (Å²) in [7, 11) is -5.82. The molecule has 0 radical (unpaired) electrons. The zero-order valence-corrected chi connectivity index (χ0v) is 20.0. The van der Waals surface area contributed by atoms with Gasteiger partial charge in [0.15, 0.2) is 0 Å². The Morgan fingerprint density at radius 1 is 0.758 bits per heavy atom. The highest BCUT2D eigenvalue weighted by atomic mass is 32.2. The third-order valence-electron chi connectivity index (χ3n) is 4.97. The first-order valence-electron chi connectivity index (χ1n) is 10.1. The van der Waals surface area contributed by atoms with Crippen LogP contribution in [0.3, 0.4) is 0 Å². The van der Waals surface area contributed by atoms with Crippen molar-refractivity contribution in [2.24, 2.45) is 0 Å². The summed E-state index contributed by atoms with van der Waals surface area (Å²) in [5.74, 6) is -0.414. The number of hydrogen-bond acceptors (Lipinski definition) is 5. The molecule has 0 spiro atoms. The van der Waals surface area contributed by atoms with E-state index in [-0.39, 0.29) is 15.8 Å². The van der Waals surface area contributed by atoms with Gasteiger partial charge in [0.25, 0.3) is 15.9 Å². The Morgan fingerprint density at radius 3 is 1.85 bits per heavy atom. The number of amides is 1. The zero-order chi connectivity index (χ0) is 24.2. The van der Waals surface area contributed by atoms with Crippen LogP contribution in [0.2, 0.25) is 0 Å². The molecule has 3 aromatic carbocycles. The summed E-state index contributed by atoms with van der Waals surface area (Å²) in [6.45, 7) is 3.56. The van der Waals surface area contributed by atoms with Gasteiger partial charge in [-0.25, -0.2) is 16.8 Å². The van der Waals surface area contributed by atoms with Crippen LogP contribution in [0.25, 0.3) is 0 Å². The first kappa shape index (κ1) is 24.4. The Labute approximate surface area is 194 Å². The molecule has 0 aromatic heterocycles. The molecule has 2 N–H and O–H groups in total. The van der Waals surface area contributed by atoms with Crippen LogP contribution in [0, 0.1) is 0 Å². The van der Waals surface area contributed by atoms with Gasteiger partial charge in [-0.1, -0.05) is 18.2 Å². The van der Waals surface area contributed by atoms with E-state index in [0.717, 1.165) is 0 Å². The second kappa shape index (κ2) is 9.74. The minimum Gasteiger partial charge on any atom is -0.322 e. The lowest BCUT2D eigenvalue weighted by atomic mass is 10.2. The quantitative estimate of drug-likeness (QED) is 0.502. The Kier molecular flexibility index (Phi) is 7.21. The lowest BCUT2D eigenvalue weighted by Crippen LogP contribution is -2.33. The molecular weight excluding hydrogens is 462 g/mol. The molecule has 0 heterocycles. The second-order valence-electron chi connectivity index (χ2n) is 7.59. The zero-order valence-electron chi connectivity index (χ0n) is 18.4. The minimum absolute atomic E-state index is 0.131. The van der Waals surface area contributed by atoms with Crippen LogP contribution < -0.4 is 10.0 Å². The predicted molar refractivity (Wildman–Crippen MR) is 128 cm³/mol. The van der Waals surface area contributed by atoms with Crippen molar-refractivity contribution in [3.05, 3.63) is 84.4 Å². The summed E-state index contributed by atoms with van der Waals surface area (Å²) in [6.07, 6.45) is 0. The maximum atomic E-state index is 12.5. The van der Waals surface area contributed by atoms with Crippen molar-refractivity contribution in [2.45, 2.75) is 29.7 Å². The van der Waals surface area contributed by atoms with Gasteiger partial charge >= 0.3 is 0 Å². The molecule has 0 unspecified atom stereocenters. The summed E-state index contributed by atoms with van der Waals surface area (Å²) < 4.78 is 53.6. The highest BCUT2D eigenvalue weighted by Gasteiger charge is 2.23. The molecule has 0 saturated heterocycles. The molecule has 0 aliphatic carbocycles. The predicted octanol–water partition coefficient (Wildman–Crippen LogP) is 3.77. The van der Waals surface area contributed by atoms with Gasteiger partial charge < -0.3 is 5.32 Å². The maximum absolute atomic E-state index is 12.5. The Balaban J connectivity index is 1.68. The van der Waals surface area contributed by atoms with Crippen LogP contribution in [-0.4, -0.2) is 40.1 Å². The van der Waals surface area contributed by atoms with Crippen molar-refractivity contribution in [1.82, 2.24) is 4.31 Å².